The first-order valence-electron chi connectivity index (χ1n) is 10.7. The fraction of sp³-hybridized carbons (Fsp3) is 0.0370. The molecule has 1 aliphatic heterocycles. The first-order chi connectivity index (χ1) is 17.0. The number of anilines is 2. The number of ether oxygens (including phenoxy) is 1. The number of hydrogen-bond acceptors (Lipinski definition) is 5. The molecule has 0 unspecified atom stereocenters. The van der Waals surface area contributed by atoms with Crippen molar-refractivity contribution in [3.05, 3.63) is 113 Å². The normalized spacial score (nSPS) is 12.1. The smallest absolute Gasteiger partial charge is 0.264 e. The summed E-state index contributed by atoms with van der Waals surface area (Å²) in [5.74, 6) is -0.698. The Morgan fingerprint density at radius 3 is 2.54 bits per heavy atom. The fourth-order valence-corrected chi connectivity index (χ4v) is 3.97. The lowest BCUT2D eigenvalue weighted by Gasteiger charge is -2.22. The number of benzene rings is 3. The van der Waals surface area contributed by atoms with E-state index in [1.165, 1.54) is 11.1 Å². The summed E-state index contributed by atoms with van der Waals surface area (Å²) in [7, 11) is 0. The van der Waals surface area contributed by atoms with Gasteiger partial charge in [0.2, 0.25) is 11.8 Å². The van der Waals surface area contributed by atoms with Crippen LogP contribution in [-0.4, -0.2) is 29.1 Å². The molecule has 0 aliphatic carbocycles. The highest BCUT2D eigenvalue weighted by atomic mass is 35.5. The van der Waals surface area contributed by atoms with Crippen molar-refractivity contribution in [3.63, 3.8) is 0 Å². The molecule has 172 valence electrons. The van der Waals surface area contributed by atoms with E-state index >= 15 is 0 Å². The number of carbonyl (C=O) groups excluding carboxylic acids is 3. The predicted octanol–water partition coefficient (Wildman–Crippen LogP) is 5.36. The molecule has 0 saturated carbocycles. The van der Waals surface area contributed by atoms with Gasteiger partial charge in [-0.15, -0.1) is 0 Å². The maximum absolute atomic E-state index is 13.4. The molecule has 35 heavy (non-hydrogen) atoms. The van der Waals surface area contributed by atoms with Crippen LogP contribution in [0.25, 0.3) is 0 Å². The Morgan fingerprint density at radius 1 is 0.943 bits per heavy atom. The van der Waals surface area contributed by atoms with Gasteiger partial charge in [0, 0.05) is 22.3 Å². The molecule has 4 aromatic rings. The van der Waals surface area contributed by atoms with Gasteiger partial charge in [0.05, 0.1) is 11.4 Å². The second kappa shape index (κ2) is 9.40. The SMILES string of the molecule is O=C(CN1C(=O)c2cccnc2Oc2ccc(Cl)cc21)Nc1ccccc1C(=O)c1ccccc1. The van der Waals surface area contributed by atoms with E-state index in [4.69, 9.17) is 16.3 Å². The molecule has 0 saturated heterocycles. The van der Waals surface area contributed by atoms with Gasteiger partial charge in [-0.1, -0.05) is 54.1 Å². The summed E-state index contributed by atoms with van der Waals surface area (Å²) in [6.07, 6.45) is 1.52. The molecular weight excluding hydrogens is 466 g/mol. The summed E-state index contributed by atoms with van der Waals surface area (Å²) in [6, 6.07) is 23.5. The second-order valence-electron chi connectivity index (χ2n) is 7.75. The Bertz CT molecular complexity index is 1460. The highest BCUT2D eigenvalue weighted by molar-refractivity contribution is 6.31. The minimum atomic E-state index is -0.495. The average molecular weight is 484 g/mol. The van der Waals surface area contributed by atoms with Gasteiger partial charge in [0.25, 0.3) is 5.91 Å². The van der Waals surface area contributed by atoms with Crippen LogP contribution in [0, 0.1) is 0 Å². The third kappa shape index (κ3) is 4.49. The van der Waals surface area contributed by atoms with Crippen molar-refractivity contribution in [1.29, 1.82) is 0 Å². The Morgan fingerprint density at radius 2 is 1.71 bits per heavy atom. The number of halogens is 1. The molecule has 1 aliphatic rings. The summed E-state index contributed by atoms with van der Waals surface area (Å²) < 4.78 is 5.85. The van der Waals surface area contributed by atoms with Gasteiger partial charge in [0.15, 0.2) is 11.5 Å². The van der Waals surface area contributed by atoms with Crippen LogP contribution < -0.4 is 15.0 Å². The molecule has 7 nitrogen and oxygen atoms in total. The molecule has 0 spiro atoms. The molecule has 0 atom stereocenters. The van der Waals surface area contributed by atoms with Crippen molar-refractivity contribution in [2.45, 2.75) is 0 Å². The van der Waals surface area contributed by atoms with Gasteiger partial charge in [-0.25, -0.2) is 4.98 Å². The van der Waals surface area contributed by atoms with Crippen molar-refractivity contribution in [2.24, 2.45) is 0 Å². The zero-order valence-electron chi connectivity index (χ0n) is 18.3. The number of nitrogens with zero attached hydrogens (tertiary/aromatic N) is 2. The Balaban J connectivity index is 1.45. The van der Waals surface area contributed by atoms with Crippen molar-refractivity contribution < 1.29 is 19.1 Å². The lowest BCUT2D eigenvalue weighted by atomic mass is 10.0. The number of pyridine rings is 1. The van der Waals surface area contributed by atoms with Crippen LogP contribution in [-0.2, 0) is 4.79 Å². The third-order valence-electron chi connectivity index (χ3n) is 5.45. The Hall–Kier alpha value is -4.49. The maximum atomic E-state index is 13.4. The van der Waals surface area contributed by atoms with E-state index in [0.717, 1.165) is 0 Å². The van der Waals surface area contributed by atoms with E-state index < -0.39 is 11.8 Å². The summed E-state index contributed by atoms with van der Waals surface area (Å²) in [5, 5.41) is 3.15. The van der Waals surface area contributed by atoms with Crippen LogP contribution in [0.15, 0.2) is 91.1 Å². The zero-order chi connectivity index (χ0) is 24.4. The van der Waals surface area contributed by atoms with Crippen LogP contribution in [0.1, 0.15) is 26.3 Å². The van der Waals surface area contributed by atoms with Crippen LogP contribution in [0.2, 0.25) is 5.02 Å². The topological polar surface area (TPSA) is 88.6 Å². The molecule has 2 heterocycles. The van der Waals surface area contributed by atoms with E-state index in [1.54, 1.807) is 78.9 Å². The highest BCUT2D eigenvalue weighted by Gasteiger charge is 2.31. The molecule has 1 aromatic heterocycles. The zero-order valence-corrected chi connectivity index (χ0v) is 19.0. The van der Waals surface area contributed by atoms with E-state index in [2.05, 4.69) is 10.3 Å². The summed E-state index contributed by atoms with van der Waals surface area (Å²) in [5.41, 5.74) is 1.74. The molecule has 3 aromatic carbocycles. The molecule has 0 radical (unpaired) electrons. The molecule has 0 fully saturated rings. The quantitative estimate of drug-likeness (QED) is 0.386. The van der Waals surface area contributed by atoms with E-state index in [1.807, 2.05) is 6.07 Å². The van der Waals surface area contributed by atoms with Crippen molar-refractivity contribution in [3.8, 4) is 11.6 Å². The van der Waals surface area contributed by atoms with Gasteiger partial charge in [0.1, 0.15) is 12.1 Å². The van der Waals surface area contributed by atoms with E-state index in [9.17, 15) is 14.4 Å². The highest BCUT2D eigenvalue weighted by Crippen LogP contribution is 2.39. The number of amides is 2. The first kappa shape index (κ1) is 22.3. The molecule has 8 heteroatoms. The number of para-hydroxylation sites is 1. The standard InChI is InChI=1S/C27H18ClN3O4/c28-18-12-13-23-22(15-18)31(27(34)20-10-6-14-29-26(20)35-23)16-24(32)30-21-11-5-4-9-19(21)25(33)17-7-2-1-3-8-17/h1-15H,16H2,(H,30,32). The first-order valence-corrected chi connectivity index (χ1v) is 11.1. The second-order valence-corrected chi connectivity index (χ2v) is 8.19. The van der Waals surface area contributed by atoms with Crippen LogP contribution in [0.3, 0.4) is 0 Å². The molecular formula is C27H18ClN3O4. The molecule has 2 amide bonds. The number of ketones is 1. The summed E-state index contributed by atoms with van der Waals surface area (Å²) in [6.45, 7) is -0.336. The van der Waals surface area contributed by atoms with E-state index in [-0.39, 0.29) is 23.8 Å². The van der Waals surface area contributed by atoms with Gasteiger partial charge < -0.3 is 10.1 Å². The van der Waals surface area contributed by atoms with Crippen molar-refractivity contribution in [2.75, 3.05) is 16.8 Å². The number of rotatable bonds is 5. The maximum Gasteiger partial charge on any atom is 0.264 e. The number of carbonyl (C=O) groups is 3. The Kier molecular flexibility index (Phi) is 5.99. The number of hydrogen-bond donors (Lipinski definition) is 1. The van der Waals surface area contributed by atoms with Gasteiger partial charge in [-0.05, 0) is 42.5 Å². The minimum Gasteiger partial charge on any atom is -0.436 e. The molecule has 0 bridgehead atoms. The summed E-state index contributed by atoms with van der Waals surface area (Å²) in [4.78, 5) is 45.0. The Labute approximate surface area is 205 Å². The van der Waals surface area contributed by atoms with Crippen LogP contribution in [0.5, 0.6) is 11.6 Å². The van der Waals surface area contributed by atoms with Gasteiger partial charge in [-0.2, -0.15) is 0 Å². The van der Waals surface area contributed by atoms with Crippen molar-refractivity contribution in [1.82, 2.24) is 4.98 Å². The van der Waals surface area contributed by atoms with E-state index in [0.29, 0.717) is 33.3 Å². The fourth-order valence-electron chi connectivity index (χ4n) is 3.81. The summed E-state index contributed by atoms with van der Waals surface area (Å²) >= 11 is 6.19. The van der Waals surface area contributed by atoms with Crippen LogP contribution >= 0.6 is 11.6 Å². The average Bonchev–Trinajstić information content (AvgIpc) is 2.99. The molecule has 5 rings (SSSR count). The van der Waals surface area contributed by atoms with Crippen LogP contribution in [0.4, 0.5) is 11.4 Å². The largest absolute Gasteiger partial charge is 0.436 e. The number of fused-ring (bicyclic) bond motifs is 2. The van der Waals surface area contributed by atoms with Gasteiger partial charge >= 0.3 is 0 Å². The van der Waals surface area contributed by atoms with Gasteiger partial charge in [-0.3, -0.25) is 19.3 Å². The lowest BCUT2D eigenvalue weighted by molar-refractivity contribution is -0.114. The van der Waals surface area contributed by atoms with Crippen molar-refractivity contribution >= 4 is 40.6 Å². The monoisotopic (exact) mass is 483 g/mol. The number of nitrogens with one attached hydrogen (secondary N) is 1. The molecule has 1 N–H and O–H groups in total. The minimum absolute atomic E-state index is 0.141. The lowest BCUT2D eigenvalue weighted by Crippen LogP contribution is -2.38. The predicted molar refractivity (Wildman–Crippen MR) is 132 cm³/mol. The third-order valence-corrected chi connectivity index (χ3v) is 5.68. The number of aromatic nitrogens is 1.